The lowest BCUT2D eigenvalue weighted by Gasteiger charge is -2.11. The van der Waals surface area contributed by atoms with Crippen molar-refractivity contribution in [3.63, 3.8) is 0 Å². The van der Waals surface area contributed by atoms with Gasteiger partial charge in [-0.25, -0.2) is 29.9 Å². The Morgan fingerprint density at radius 1 is 0.273 bits per heavy atom. The number of aromatic amines is 8. The number of hydrogen-bond donors (Lipinski definition) is 8. The Bertz CT molecular complexity index is 5240. The van der Waals surface area contributed by atoms with Gasteiger partial charge in [0.1, 0.15) is 0 Å². The van der Waals surface area contributed by atoms with E-state index in [4.69, 9.17) is 29.9 Å². The molecule has 0 saturated carbocycles. The van der Waals surface area contributed by atoms with E-state index in [-0.39, 0.29) is 0 Å². The van der Waals surface area contributed by atoms with Gasteiger partial charge >= 0.3 is 0 Å². The summed E-state index contributed by atoms with van der Waals surface area (Å²) in [5.74, 6) is 0. The van der Waals surface area contributed by atoms with E-state index in [1.807, 2.05) is 0 Å². The van der Waals surface area contributed by atoms with Crippen LogP contribution in [0, 0.1) is 0 Å². The fourth-order valence-corrected chi connectivity index (χ4v) is 13.5. The first-order valence-corrected chi connectivity index (χ1v) is 26.1. The van der Waals surface area contributed by atoms with E-state index in [1.165, 1.54) is 0 Å². The van der Waals surface area contributed by atoms with Gasteiger partial charge in [0.05, 0.1) is 111 Å². The molecule has 14 heteroatoms. The van der Waals surface area contributed by atoms with E-state index in [9.17, 15) is 0 Å². The first-order valence-electron chi connectivity index (χ1n) is 26.1. The molecule has 20 rings (SSSR count). The van der Waals surface area contributed by atoms with Crippen LogP contribution in [0.4, 0.5) is 0 Å². The van der Waals surface area contributed by atoms with E-state index < -0.39 is 0 Å². The predicted molar refractivity (Wildman–Crippen MR) is 304 cm³/mol. The minimum atomic E-state index is 0.472. The average Bonchev–Trinajstić information content (AvgIpc) is 4.51. The monoisotopic (exact) mass is 988 g/mol. The molecule has 0 spiro atoms. The van der Waals surface area contributed by atoms with Crippen LogP contribution in [-0.4, -0.2) is 69.8 Å². The molecule has 14 nitrogen and oxygen atoms in total. The molecule has 3 aromatic carbocycles. The van der Waals surface area contributed by atoms with Gasteiger partial charge in [-0.1, -0.05) is 72.8 Å². The molecule has 0 radical (unpaired) electrons. The van der Waals surface area contributed by atoms with Crippen molar-refractivity contribution in [1.82, 2.24) is 69.8 Å². The predicted octanol–water partition coefficient (Wildman–Crippen LogP) is 13.9. The summed E-state index contributed by atoms with van der Waals surface area (Å²) in [6.45, 7) is 0. The molecule has 0 unspecified atom stereocenters. The normalized spacial score (nSPS) is 13.6. The molecule has 14 aromatic heterocycles. The van der Waals surface area contributed by atoms with Gasteiger partial charge in [-0.3, -0.25) is 0 Å². The highest BCUT2D eigenvalue weighted by Gasteiger charge is 2.30. The van der Waals surface area contributed by atoms with Gasteiger partial charge in [0, 0.05) is 132 Å². The Kier molecular flexibility index (Phi) is 6.76. The molecule has 17 aromatic rings. The van der Waals surface area contributed by atoms with Crippen LogP contribution in [0.2, 0.25) is 0 Å². The molecule has 17 heterocycles. The molecule has 0 aliphatic carbocycles. The van der Waals surface area contributed by atoms with E-state index in [2.05, 4.69) is 174 Å². The van der Waals surface area contributed by atoms with E-state index in [0.29, 0.717) is 19.3 Å². The first kappa shape index (κ1) is 38.9. The van der Waals surface area contributed by atoms with Crippen molar-refractivity contribution in [2.75, 3.05) is 0 Å². The number of H-pyrrole nitrogens is 8. The Morgan fingerprint density at radius 2 is 0.545 bits per heavy atom. The summed E-state index contributed by atoms with van der Waals surface area (Å²) in [4.78, 5) is 64.5. The maximum atomic E-state index is 5.66. The molecule has 77 heavy (non-hydrogen) atoms. The van der Waals surface area contributed by atoms with Crippen molar-refractivity contribution >= 4 is 110 Å². The van der Waals surface area contributed by atoms with Crippen molar-refractivity contribution < 1.29 is 0 Å². The van der Waals surface area contributed by atoms with Crippen LogP contribution in [0.15, 0.2) is 134 Å². The molecule has 0 amide bonds. The third-order valence-corrected chi connectivity index (χ3v) is 17.1. The highest BCUT2D eigenvalue weighted by Crippen LogP contribution is 2.46. The summed E-state index contributed by atoms with van der Waals surface area (Å²) in [5.41, 5.74) is 30.2. The molecular weight excluding hydrogens is 953 g/mol. The van der Waals surface area contributed by atoms with Crippen molar-refractivity contribution in [1.29, 1.82) is 0 Å². The maximum Gasteiger partial charge on any atom is 0.0972 e. The molecule has 0 fully saturated rings. The summed E-state index contributed by atoms with van der Waals surface area (Å²) < 4.78 is 0. The van der Waals surface area contributed by atoms with Gasteiger partial charge < -0.3 is 39.9 Å². The van der Waals surface area contributed by atoms with Gasteiger partial charge in [0.25, 0.3) is 0 Å². The number of pyridine rings is 6. The largest absolute Gasteiger partial charge is 0.359 e. The maximum absolute atomic E-state index is 5.66. The number of rotatable bonds is 0. The summed E-state index contributed by atoms with van der Waals surface area (Å²) in [7, 11) is 0. The standard InChI is InChI=1S/C63H36N14/c1-3-28-11-17-40-50-44-23-45-51-41-18-12-29-4-2-27-8-14-37(69-53(27)55(29)73-41)35-25-65-47-22-33(67-59(35)47)20-43-49(61(77-45)63(51)75-43)39-16-10-31-6-5-30-9-15-38(70-56(30)57(31)71-39)48-42(74-62(50)60(48)76-44)19-32-21-46-58(66-32)34(24-64-46)36-13-7-26(1)52(68-36)54(28)72-40/h1-18,21-22,24-25,64-67,74-77H,19-20,23H2. The van der Waals surface area contributed by atoms with Crippen molar-refractivity contribution in [3.05, 3.63) is 168 Å². The zero-order valence-corrected chi connectivity index (χ0v) is 40.5. The number of hydrogen-bond acceptors (Lipinski definition) is 6. The molecule has 0 saturated heterocycles. The van der Waals surface area contributed by atoms with Crippen LogP contribution in [0.5, 0.6) is 0 Å². The zero-order valence-electron chi connectivity index (χ0n) is 40.5. The van der Waals surface area contributed by atoms with Crippen LogP contribution in [0.1, 0.15) is 34.2 Å². The molecule has 3 aliphatic rings. The van der Waals surface area contributed by atoms with Crippen LogP contribution in [0.25, 0.3) is 177 Å². The summed E-state index contributed by atoms with van der Waals surface area (Å²) >= 11 is 0. The lowest BCUT2D eigenvalue weighted by Crippen LogP contribution is -1.99. The minimum absolute atomic E-state index is 0.472. The minimum Gasteiger partial charge on any atom is -0.359 e. The topological polar surface area (TPSA) is 204 Å². The Hall–Kier alpha value is -10.6. The second kappa shape index (κ2) is 13.4. The first-order chi connectivity index (χ1) is 38.0. The highest BCUT2D eigenvalue weighted by atomic mass is 14.9. The number of nitrogens with one attached hydrogen (secondary N) is 8. The number of benzene rings is 3. The van der Waals surface area contributed by atoms with Gasteiger partial charge in [-0.05, 0) is 48.5 Å². The number of fused-ring (bicyclic) bond motifs is 22. The third kappa shape index (κ3) is 5.04. The van der Waals surface area contributed by atoms with Gasteiger partial charge in [-0.2, -0.15) is 0 Å². The van der Waals surface area contributed by atoms with Crippen molar-refractivity contribution in [3.8, 4) is 67.5 Å². The second-order valence-electron chi connectivity index (χ2n) is 21.3. The quantitative estimate of drug-likeness (QED) is 0.0694. The fraction of sp³-hybridized carbons (Fsp3) is 0.0476. The third-order valence-electron chi connectivity index (χ3n) is 17.1. The lowest BCUT2D eigenvalue weighted by atomic mass is 10.0. The Labute approximate surface area is 432 Å². The zero-order chi connectivity index (χ0) is 49.5. The van der Waals surface area contributed by atoms with E-state index in [0.717, 1.165) is 211 Å². The number of nitrogens with zero attached hydrogens (tertiary/aromatic N) is 6. The van der Waals surface area contributed by atoms with Gasteiger partial charge in [-0.15, -0.1) is 0 Å². The smallest absolute Gasteiger partial charge is 0.0972 e. The lowest BCUT2D eigenvalue weighted by molar-refractivity contribution is 1.05. The highest BCUT2D eigenvalue weighted by molar-refractivity contribution is 6.12. The Morgan fingerprint density at radius 3 is 0.870 bits per heavy atom. The van der Waals surface area contributed by atoms with E-state index in [1.54, 1.807) is 0 Å². The summed E-state index contributed by atoms with van der Waals surface area (Å²) in [6.07, 6.45) is 5.74. The Balaban J connectivity index is 0.939. The number of aromatic nitrogens is 14. The van der Waals surface area contributed by atoms with Crippen LogP contribution in [-0.2, 0) is 19.3 Å². The van der Waals surface area contributed by atoms with E-state index >= 15 is 0 Å². The molecular formula is C63H36N14. The molecule has 24 bridgehead atoms. The van der Waals surface area contributed by atoms with Crippen molar-refractivity contribution in [2.45, 2.75) is 19.3 Å². The SMILES string of the molecule is c1cc2ccc3ccc4nc3c2nc1-c1c[nH]c2cc([nH]c12)Cc1[nH]c2c-4c3[nH]c2c1-c1ccc2ccc4ccc(nc4c2n1)-c1c2[nH]c4c(c([nH]c14)C3)-c1ccc3ccc4ccc(nc4c3n1)-c1c[nH]c3cc([nH]c13)C2. The van der Waals surface area contributed by atoms with Crippen LogP contribution >= 0.6 is 0 Å². The summed E-state index contributed by atoms with van der Waals surface area (Å²) in [6, 6.07) is 43.3. The molecule has 8 N–H and O–H groups in total. The van der Waals surface area contributed by atoms with Crippen LogP contribution < -0.4 is 0 Å². The molecule has 3 aliphatic heterocycles. The average molecular weight is 989 g/mol. The van der Waals surface area contributed by atoms with Crippen molar-refractivity contribution in [2.24, 2.45) is 0 Å². The molecule has 358 valence electrons. The summed E-state index contributed by atoms with van der Waals surface area (Å²) in [5, 5.41) is 6.11. The second-order valence-corrected chi connectivity index (χ2v) is 21.3. The molecule has 0 atom stereocenters. The van der Waals surface area contributed by atoms with Gasteiger partial charge in [0.15, 0.2) is 0 Å². The van der Waals surface area contributed by atoms with Gasteiger partial charge in [0.2, 0.25) is 0 Å². The van der Waals surface area contributed by atoms with Crippen LogP contribution in [0.3, 0.4) is 0 Å². The fourth-order valence-electron chi connectivity index (χ4n) is 13.5.